The van der Waals surface area contributed by atoms with Gasteiger partial charge in [-0.2, -0.15) is 0 Å². The first-order valence-electron chi connectivity index (χ1n) is 10.2. The van der Waals surface area contributed by atoms with Crippen LogP contribution in [0.2, 0.25) is 0 Å². The van der Waals surface area contributed by atoms with E-state index in [0.29, 0.717) is 25.1 Å². The summed E-state index contributed by atoms with van der Waals surface area (Å²) >= 11 is 0. The molecule has 0 aliphatic rings. The summed E-state index contributed by atoms with van der Waals surface area (Å²) in [7, 11) is 0. The quantitative estimate of drug-likeness (QED) is 0.426. The zero-order chi connectivity index (χ0) is 21.6. The van der Waals surface area contributed by atoms with Gasteiger partial charge in [-0.3, -0.25) is 9.59 Å². The molecule has 31 heavy (non-hydrogen) atoms. The summed E-state index contributed by atoms with van der Waals surface area (Å²) in [5.74, 6) is 0.755. The first kappa shape index (κ1) is 20.4. The van der Waals surface area contributed by atoms with Crippen molar-refractivity contribution in [2.24, 2.45) is 0 Å². The maximum Gasteiger partial charge on any atom is 0.286 e. The Morgan fingerprint density at radius 3 is 2.74 bits per heavy atom. The summed E-state index contributed by atoms with van der Waals surface area (Å²) in [6, 6.07) is 18.8. The van der Waals surface area contributed by atoms with Crippen LogP contribution in [0.3, 0.4) is 0 Å². The number of anilines is 1. The van der Waals surface area contributed by atoms with E-state index in [0.717, 1.165) is 28.1 Å². The van der Waals surface area contributed by atoms with E-state index in [9.17, 15) is 9.59 Å². The first-order chi connectivity index (χ1) is 15.1. The molecular weight excluding hydrogens is 392 g/mol. The van der Waals surface area contributed by atoms with Crippen molar-refractivity contribution < 1.29 is 14.0 Å². The minimum Gasteiger partial charge on any atom is -0.459 e. The number of carbonyl (C=O) groups is 2. The summed E-state index contributed by atoms with van der Waals surface area (Å²) in [5.41, 5.74) is 3.62. The van der Waals surface area contributed by atoms with Crippen molar-refractivity contribution in [2.75, 3.05) is 11.9 Å². The molecule has 0 radical (unpaired) electrons. The standard InChI is InChI=1S/C24H24N4O3/c1-17-7-4-8-18(15-17)26-23(29)16-28-20-10-3-2-9-19(20)27-22(28)12-5-13-25-24(30)21-11-6-14-31-21/h2-4,6-11,14-15H,5,12-13,16H2,1H3,(H,25,30)(H,26,29). The van der Waals surface area contributed by atoms with E-state index in [4.69, 9.17) is 9.40 Å². The zero-order valence-corrected chi connectivity index (χ0v) is 17.3. The van der Waals surface area contributed by atoms with Crippen molar-refractivity contribution in [3.05, 3.63) is 84.1 Å². The Hall–Kier alpha value is -3.87. The van der Waals surface area contributed by atoms with Gasteiger partial charge >= 0.3 is 0 Å². The molecule has 2 aromatic carbocycles. The van der Waals surface area contributed by atoms with Crippen molar-refractivity contribution in [2.45, 2.75) is 26.3 Å². The van der Waals surface area contributed by atoms with E-state index in [1.807, 2.05) is 60.0 Å². The number of aromatic nitrogens is 2. The van der Waals surface area contributed by atoms with Crippen molar-refractivity contribution in [3.63, 3.8) is 0 Å². The molecule has 4 aromatic rings. The Morgan fingerprint density at radius 1 is 1.06 bits per heavy atom. The number of fused-ring (bicyclic) bond motifs is 1. The number of nitrogens with one attached hydrogen (secondary N) is 2. The molecule has 7 nitrogen and oxygen atoms in total. The Balaban J connectivity index is 1.43. The number of imidazole rings is 1. The van der Waals surface area contributed by atoms with Gasteiger partial charge in [-0.1, -0.05) is 24.3 Å². The number of rotatable bonds is 8. The number of benzene rings is 2. The van der Waals surface area contributed by atoms with Crippen molar-refractivity contribution >= 4 is 28.5 Å². The minimum absolute atomic E-state index is 0.110. The smallest absolute Gasteiger partial charge is 0.286 e. The molecule has 2 heterocycles. The molecular formula is C24H24N4O3. The summed E-state index contributed by atoms with van der Waals surface area (Å²) in [5, 5.41) is 5.79. The Labute approximate surface area is 180 Å². The van der Waals surface area contributed by atoms with Crippen molar-refractivity contribution in [1.82, 2.24) is 14.9 Å². The largest absolute Gasteiger partial charge is 0.459 e. The van der Waals surface area contributed by atoms with Crippen molar-refractivity contribution in [1.29, 1.82) is 0 Å². The van der Waals surface area contributed by atoms with Crippen LogP contribution in [-0.2, 0) is 17.8 Å². The Bertz CT molecular complexity index is 1190. The highest BCUT2D eigenvalue weighted by molar-refractivity contribution is 5.92. The number of para-hydroxylation sites is 2. The third kappa shape index (κ3) is 5.01. The number of hydrogen-bond acceptors (Lipinski definition) is 4. The zero-order valence-electron chi connectivity index (χ0n) is 17.3. The number of furan rings is 1. The molecule has 0 saturated heterocycles. The molecule has 7 heteroatoms. The number of nitrogens with zero attached hydrogens (tertiary/aromatic N) is 2. The molecule has 0 unspecified atom stereocenters. The van der Waals surface area contributed by atoms with Crippen LogP contribution >= 0.6 is 0 Å². The summed E-state index contributed by atoms with van der Waals surface area (Å²) in [6.07, 6.45) is 2.79. The number of amides is 2. The van der Waals surface area contributed by atoms with Crippen LogP contribution in [0, 0.1) is 6.92 Å². The van der Waals surface area contributed by atoms with Gasteiger partial charge in [0.05, 0.1) is 17.3 Å². The fourth-order valence-electron chi connectivity index (χ4n) is 3.50. The first-order valence-corrected chi connectivity index (χ1v) is 10.2. The highest BCUT2D eigenvalue weighted by Crippen LogP contribution is 2.18. The topological polar surface area (TPSA) is 89.2 Å². The van der Waals surface area contributed by atoms with Crippen LogP contribution in [0.25, 0.3) is 11.0 Å². The predicted molar refractivity (Wildman–Crippen MR) is 119 cm³/mol. The van der Waals surface area contributed by atoms with Crippen LogP contribution in [0.5, 0.6) is 0 Å². The van der Waals surface area contributed by atoms with E-state index >= 15 is 0 Å². The van der Waals surface area contributed by atoms with Gasteiger partial charge in [-0.25, -0.2) is 4.98 Å². The highest BCUT2D eigenvalue weighted by atomic mass is 16.3. The molecule has 2 amide bonds. The van der Waals surface area contributed by atoms with E-state index in [2.05, 4.69) is 10.6 Å². The maximum atomic E-state index is 12.7. The molecule has 0 aliphatic carbocycles. The SMILES string of the molecule is Cc1cccc(NC(=O)Cn2c(CCCNC(=O)c3ccco3)nc3ccccc32)c1. The van der Waals surface area contributed by atoms with Gasteiger partial charge in [-0.15, -0.1) is 0 Å². The van der Waals surface area contributed by atoms with E-state index < -0.39 is 0 Å². The second-order valence-electron chi connectivity index (χ2n) is 7.36. The molecule has 2 N–H and O–H groups in total. The second kappa shape index (κ2) is 9.30. The molecule has 0 spiro atoms. The number of hydrogen-bond donors (Lipinski definition) is 2. The van der Waals surface area contributed by atoms with Gasteiger partial charge in [0.1, 0.15) is 12.4 Å². The van der Waals surface area contributed by atoms with Gasteiger partial charge in [0.15, 0.2) is 5.76 Å². The van der Waals surface area contributed by atoms with Crippen LogP contribution < -0.4 is 10.6 Å². The van der Waals surface area contributed by atoms with Gasteiger partial charge < -0.3 is 19.6 Å². The molecule has 4 rings (SSSR count). The fourth-order valence-corrected chi connectivity index (χ4v) is 3.50. The molecule has 0 bridgehead atoms. The average Bonchev–Trinajstić information content (AvgIpc) is 3.40. The molecule has 0 saturated carbocycles. The normalized spacial score (nSPS) is 10.9. The van der Waals surface area contributed by atoms with Gasteiger partial charge in [0.25, 0.3) is 5.91 Å². The molecule has 0 atom stereocenters. The maximum absolute atomic E-state index is 12.7. The van der Waals surface area contributed by atoms with Crippen molar-refractivity contribution in [3.8, 4) is 0 Å². The highest BCUT2D eigenvalue weighted by Gasteiger charge is 2.14. The van der Waals surface area contributed by atoms with E-state index in [1.165, 1.54) is 6.26 Å². The predicted octanol–water partition coefficient (Wildman–Crippen LogP) is 3.94. The summed E-state index contributed by atoms with van der Waals surface area (Å²) in [4.78, 5) is 29.4. The second-order valence-corrected chi connectivity index (χ2v) is 7.36. The van der Waals surface area contributed by atoms with Crippen LogP contribution in [0.1, 0.15) is 28.4 Å². The number of carbonyl (C=O) groups excluding carboxylic acids is 2. The number of aryl methyl sites for hydroxylation is 2. The summed E-state index contributed by atoms with van der Waals surface area (Å²) < 4.78 is 7.04. The van der Waals surface area contributed by atoms with E-state index in [-0.39, 0.29) is 18.4 Å². The Morgan fingerprint density at radius 2 is 1.94 bits per heavy atom. The third-order valence-electron chi connectivity index (χ3n) is 4.94. The minimum atomic E-state index is -0.240. The lowest BCUT2D eigenvalue weighted by atomic mass is 10.2. The lowest BCUT2D eigenvalue weighted by molar-refractivity contribution is -0.116. The van der Waals surface area contributed by atoms with Crippen LogP contribution in [0.15, 0.2) is 71.3 Å². The average molecular weight is 416 g/mol. The third-order valence-corrected chi connectivity index (χ3v) is 4.94. The molecule has 0 fully saturated rings. The Kier molecular flexibility index (Phi) is 6.12. The van der Waals surface area contributed by atoms with Crippen LogP contribution in [0.4, 0.5) is 5.69 Å². The van der Waals surface area contributed by atoms with Gasteiger partial charge in [0, 0.05) is 18.7 Å². The molecule has 0 aliphatic heterocycles. The lowest BCUT2D eigenvalue weighted by Crippen LogP contribution is -2.25. The van der Waals surface area contributed by atoms with Gasteiger partial charge in [0.2, 0.25) is 5.91 Å². The van der Waals surface area contributed by atoms with Crippen LogP contribution in [-0.4, -0.2) is 27.9 Å². The lowest BCUT2D eigenvalue weighted by Gasteiger charge is -2.11. The van der Waals surface area contributed by atoms with E-state index in [1.54, 1.807) is 12.1 Å². The molecule has 2 aromatic heterocycles. The summed E-state index contributed by atoms with van der Waals surface area (Å²) in [6.45, 7) is 2.64. The molecule has 158 valence electrons. The van der Waals surface area contributed by atoms with Gasteiger partial charge in [-0.05, 0) is 55.3 Å². The monoisotopic (exact) mass is 416 g/mol. The fraction of sp³-hybridized carbons (Fsp3) is 0.208.